The lowest BCUT2D eigenvalue weighted by molar-refractivity contribution is 0.112. The number of hydrogen-bond donors (Lipinski definition) is 0. The molecule has 0 aromatic carbocycles. The summed E-state index contributed by atoms with van der Waals surface area (Å²) in [7, 11) is 0. The van der Waals surface area contributed by atoms with Crippen molar-refractivity contribution < 1.29 is 9.21 Å². The van der Waals surface area contributed by atoms with Crippen LogP contribution < -0.4 is 5.43 Å². The average Bonchev–Trinajstić information content (AvgIpc) is 2.19. The van der Waals surface area contributed by atoms with E-state index in [9.17, 15) is 9.59 Å². The van der Waals surface area contributed by atoms with Gasteiger partial charge in [0, 0.05) is 5.56 Å². The highest BCUT2D eigenvalue weighted by Gasteiger charge is 2.13. The van der Waals surface area contributed by atoms with Gasteiger partial charge in [-0.2, -0.15) is 0 Å². The van der Waals surface area contributed by atoms with Gasteiger partial charge >= 0.3 is 0 Å². The Balaban J connectivity index is 2.70. The Kier molecular flexibility index (Phi) is 1.85. The first kappa shape index (κ1) is 7.98. The first-order valence-electron chi connectivity index (χ1n) is 4.09. The van der Waals surface area contributed by atoms with Crippen LogP contribution in [0.3, 0.4) is 0 Å². The minimum Gasteiger partial charge on any atom is -0.464 e. The minimum absolute atomic E-state index is 0.106. The van der Waals surface area contributed by atoms with E-state index in [-0.39, 0.29) is 11.0 Å². The number of carbonyl (C=O) groups excluding carboxylic acids is 1. The van der Waals surface area contributed by atoms with Crippen molar-refractivity contribution in [2.75, 3.05) is 0 Å². The average molecular weight is 176 g/mol. The lowest BCUT2D eigenvalue weighted by Crippen LogP contribution is -2.16. The first-order valence-corrected chi connectivity index (χ1v) is 4.09. The van der Waals surface area contributed by atoms with E-state index in [0.29, 0.717) is 24.0 Å². The van der Waals surface area contributed by atoms with Gasteiger partial charge in [-0.15, -0.1) is 0 Å². The quantitative estimate of drug-likeness (QED) is 0.608. The van der Waals surface area contributed by atoms with Crippen LogP contribution in [0.4, 0.5) is 0 Å². The molecule has 0 aliphatic heterocycles. The maximum absolute atomic E-state index is 11.5. The van der Waals surface area contributed by atoms with Crippen molar-refractivity contribution >= 4 is 12.4 Å². The van der Waals surface area contributed by atoms with E-state index < -0.39 is 0 Å². The highest BCUT2D eigenvalue weighted by Crippen LogP contribution is 2.15. The summed E-state index contributed by atoms with van der Waals surface area (Å²) in [5, 5.41) is 0. The van der Waals surface area contributed by atoms with Gasteiger partial charge in [-0.3, -0.25) is 9.59 Å². The molecule has 1 aliphatic rings. The Morgan fingerprint density at radius 3 is 3.08 bits per heavy atom. The molecule has 0 atom stereocenters. The smallest absolute Gasteiger partial charge is 0.199 e. The third-order valence-electron chi connectivity index (χ3n) is 2.10. The van der Waals surface area contributed by atoms with Crippen molar-refractivity contribution in [1.29, 1.82) is 0 Å². The summed E-state index contributed by atoms with van der Waals surface area (Å²) in [6, 6.07) is 0. The zero-order chi connectivity index (χ0) is 9.26. The van der Waals surface area contributed by atoms with Gasteiger partial charge in [0.15, 0.2) is 11.7 Å². The molecule has 0 fully saturated rings. The van der Waals surface area contributed by atoms with Crippen LogP contribution in [0.15, 0.2) is 21.6 Å². The van der Waals surface area contributed by atoms with E-state index in [1.807, 2.05) is 6.08 Å². The predicted molar refractivity (Wildman–Crippen MR) is 47.7 cm³/mol. The van der Waals surface area contributed by atoms with Gasteiger partial charge in [0.2, 0.25) is 0 Å². The molecular formula is C10H8O3. The maximum atomic E-state index is 11.5. The molecule has 0 spiro atoms. The summed E-state index contributed by atoms with van der Waals surface area (Å²) in [5.74, 6) is 0.585. The Labute approximate surface area is 74.7 Å². The predicted octanol–water partition coefficient (Wildman–Crippen LogP) is 1.41. The molecular weight excluding hydrogens is 168 g/mol. The summed E-state index contributed by atoms with van der Waals surface area (Å²) in [6.07, 6.45) is 6.96. The van der Waals surface area contributed by atoms with E-state index >= 15 is 0 Å². The maximum Gasteiger partial charge on any atom is 0.199 e. The van der Waals surface area contributed by atoms with E-state index in [2.05, 4.69) is 0 Å². The molecule has 0 saturated heterocycles. The number of rotatable bonds is 1. The molecule has 66 valence electrons. The van der Waals surface area contributed by atoms with E-state index in [1.165, 1.54) is 6.26 Å². The Morgan fingerprint density at radius 1 is 1.46 bits per heavy atom. The fourth-order valence-electron chi connectivity index (χ4n) is 1.41. The van der Waals surface area contributed by atoms with Gasteiger partial charge < -0.3 is 4.42 Å². The number of carbonyl (C=O) groups is 1. The fourth-order valence-corrected chi connectivity index (χ4v) is 1.41. The Bertz CT molecular complexity index is 426. The summed E-state index contributed by atoms with van der Waals surface area (Å²) in [4.78, 5) is 22.0. The number of aldehydes is 1. The molecule has 3 nitrogen and oxygen atoms in total. The number of allylic oxidation sites excluding steroid dienone is 1. The molecule has 0 radical (unpaired) electrons. The molecule has 13 heavy (non-hydrogen) atoms. The molecule has 0 bridgehead atoms. The number of hydrogen-bond acceptors (Lipinski definition) is 3. The zero-order valence-electron chi connectivity index (χ0n) is 6.95. The van der Waals surface area contributed by atoms with E-state index in [4.69, 9.17) is 4.42 Å². The third-order valence-corrected chi connectivity index (χ3v) is 2.10. The van der Waals surface area contributed by atoms with Crippen LogP contribution in [0.5, 0.6) is 0 Å². The molecule has 0 saturated carbocycles. The normalized spacial score (nSPS) is 13.8. The standard InChI is InChI=1S/C10H8O3/c11-5-7-6-13-9-4-2-1-3-8(9)10(7)12/h2,4-6H,1,3H2. The van der Waals surface area contributed by atoms with Gasteiger partial charge in [-0.05, 0) is 18.9 Å². The lowest BCUT2D eigenvalue weighted by atomic mass is 10.0. The molecule has 1 aliphatic carbocycles. The highest BCUT2D eigenvalue weighted by atomic mass is 16.3. The van der Waals surface area contributed by atoms with Crippen LogP contribution in [-0.4, -0.2) is 6.29 Å². The van der Waals surface area contributed by atoms with E-state index in [0.717, 1.165) is 6.42 Å². The topological polar surface area (TPSA) is 47.3 Å². The van der Waals surface area contributed by atoms with Crippen LogP contribution in [0.2, 0.25) is 0 Å². The molecule has 0 N–H and O–H groups in total. The van der Waals surface area contributed by atoms with Gasteiger partial charge in [-0.1, -0.05) is 6.08 Å². The monoisotopic (exact) mass is 176 g/mol. The molecule has 0 unspecified atom stereocenters. The van der Waals surface area contributed by atoms with E-state index in [1.54, 1.807) is 6.08 Å². The lowest BCUT2D eigenvalue weighted by Gasteiger charge is -2.07. The second kappa shape index (κ2) is 3.01. The van der Waals surface area contributed by atoms with Gasteiger partial charge in [-0.25, -0.2) is 0 Å². The van der Waals surface area contributed by atoms with Crippen molar-refractivity contribution in [3.05, 3.63) is 39.4 Å². The molecule has 1 aromatic rings. The van der Waals surface area contributed by atoms with Gasteiger partial charge in [0.1, 0.15) is 12.0 Å². The SMILES string of the molecule is O=Cc1coc2c(c1=O)CCC=C2. The van der Waals surface area contributed by atoms with Crippen LogP contribution in [0, 0.1) is 0 Å². The van der Waals surface area contributed by atoms with Crippen molar-refractivity contribution in [3.8, 4) is 0 Å². The summed E-state index contributed by atoms with van der Waals surface area (Å²) in [5.41, 5.74) is 0.529. The Morgan fingerprint density at radius 2 is 2.31 bits per heavy atom. The van der Waals surface area contributed by atoms with Crippen molar-refractivity contribution in [1.82, 2.24) is 0 Å². The molecule has 2 rings (SSSR count). The van der Waals surface area contributed by atoms with Gasteiger partial charge in [0.25, 0.3) is 0 Å². The molecule has 1 heterocycles. The third kappa shape index (κ3) is 1.22. The fraction of sp³-hybridized carbons (Fsp3) is 0.200. The van der Waals surface area contributed by atoms with Crippen LogP contribution in [-0.2, 0) is 6.42 Å². The zero-order valence-corrected chi connectivity index (χ0v) is 6.95. The Hall–Kier alpha value is -1.64. The number of fused-ring (bicyclic) bond motifs is 1. The first-order chi connectivity index (χ1) is 6.33. The second-order valence-electron chi connectivity index (χ2n) is 2.92. The summed E-state index contributed by atoms with van der Waals surface area (Å²) in [6.45, 7) is 0. The highest BCUT2D eigenvalue weighted by molar-refractivity contribution is 5.74. The molecule has 3 heteroatoms. The van der Waals surface area contributed by atoms with Crippen molar-refractivity contribution in [2.24, 2.45) is 0 Å². The second-order valence-corrected chi connectivity index (χ2v) is 2.92. The summed E-state index contributed by atoms with van der Waals surface area (Å²) >= 11 is 0. The molecule has 0 amide bonds. The van der Waals surface area contributed by atoms with Crippen LogP contribution in [0.25, 0.3) is 6.08 Å². The van der Waals surface area contributed by atoms with Gasteiger partial charge in [0.05, 0.1) is 5.56 Å². The van der Waals surface area contributed by atoms with Crippen molar-refractivity contribution in [2.45, 2.75) is 12.8 Å². The molecule has 1 aromatic heterocycles. The minimum atomic E-state index is -0.194. The summed E-state index contributed by atoms with van der Waals surface area (Å²) < 4.78 is 5.13. The van der Waals surface area contributed by atoms with Crippen molar-refractivity contribution in [3.63, 3.8) is 0 Å². The van der Waals surface area contributed by atoms with Crippen LogP contribution >= 0.6 is 0 Å². The largest absolute Gasteiger partial charge is 0.464 e. The van der Waals surface area contributed by atoms with Crippen LogP contribution in [0.1, 0.15) is 28.1 Å².